The molecular weight excluding hydrogens is 245 g/mol. The summed E-state index contributed by atoms with van der Waals surface area (Å²) >= 11 is 0. The highest BCUT2D eigenvalue weighted by Gasteiger charge is 2.35. The van der Waals surface area contributed by atoms with Crippen molar-refractivity contribution < 1.29 is 8.63 Å². The van der Waals surface area contributed by atoms with Crippen molar-refractivity contribution >= 4 is 13.5 Å². The minimum atomic E-state index is -2.47. The van der Waals surface area contributed by atoms with Crippen molar-refractivity contribution in [1.82, 2.24) is 9.79 Å². The van der Waals surface area contributed by atoms with Gasteiger partial charge in [0, 0.05) is 23.1 Å². The summed E-state index contributed by atoms with van der Waals surface area (Å²) in [6, 6.07) is 3.70. The lowest BCUT2D eigenvalue weighted by atomic mass is 10.1. The molecule has 0 saturated carbocycles. The van der Waals surface area contributed by atoms with E-state index in [4.69, 9.17) is 0 Å². The Morgan fingerprint density at radius 1 is 1.42 bits per heavy atom. The molecule has 0 aromatic carbocycles. The highest BCUT2D eigenvalue weighted by Crippen LogP contribution is 2.30. The van der Waals surface area contributed by atoms with Gasteiger partial charge >= 0.3 is 7.40 Å². The summed E-state index contributed by atoms with van der Waals surface area (Å²) in [5.74, 6) is 0. The Hall–Kier alpha value is -1.52. The van der Waals surface area contributed by atoms with Crippen LogP contribution in [0.2, 0.25) is 0 Å². The average Bonchev–Trinajstić information content (AvgIpc) is 2.86. The molecule has 2 heterocycles. The molecule has 0 fully saturated rings. The van der Waals surface area contributed by atoms with Gasteiger partial charge in [-0.05, 0) is 44.1 Å². The summed E-state index contributed by atoms with van der Waals surface area (Å²) in [6.45, 7) is 5.78. The first kappa shape index (κ1) is 13.9. The first-order chi connectivity index (χ1) is 9.02. The highest BCUT2D eigenvalue weighted by molar-refractivity contribution is 6.40. The number of hydrogen-bond acceptors (Lipinski definition) is 1. The van der Waals surface area contributed by atoms with Gasteiger partial charge in [0.05, 0.1) is 0 Å². The Balaban J connectivity index is 2.27. The summed E-state index contributed by atoms with van der Waals surface area (Å²) < 4.78 is 26.2. The van der Waals surface area contributed by atoms with Gasteiger partial charge in [0.25, 0.3) is 0 Å². The second-order valence-corrected chi connectivity index (χ2v) is 4.99. The van der Waals surface area contributed by atoms with E-state index in [1.807, 2.05) is 25.1 Å². The molecule has 1 atom stereocenters. The monoisotopic (exact) mass is 264 g/mol. The molecule has 19 heavy (non-hydrogen) atoms. The van der Waals surface area contributed by atoms with E-state index in [-0.39, 0.29) is 6.04 Å². The fourth-order valence-electron chi connectivity index (χ4n) is 2.53. The number of H-pyrrole nitrogens is 1. The molecule has 2 nitrogen and oxygen atoms in total. The van der Waals surface area contributed by atoms with Gasteiger partial charge in [-0.15, -0.1) is 0 Å². The van der Waals surface area contributed by atoms with Crippen LogP contribution in [-0.2, 0) is 6.42 Å². The molecule has 0 amide bonds. The molecule has 2 rings (SSSR count). The molecule has 102 valence electrons. The third kappa shape index (κ3) is 2.91. The predicted molar refractivity (Wildman–Crippen MR) is 75.8 cm³/mol. The van der Waals surface area contributed by atoms with Gasteiger partial charge in [-0.2, -0.15) is 0 Å². The molecular formula is C14H19BF2N2. The second kappa shape index (κ2) is 5.64. The molecule has 1 unspecified atom stereocenters. The highest BCUT2D eigenvalue weighted by atomic mass is 19.2. The Morgan fingerprint density at radius 2 is 2.16 bits per heavy atom. The number of allylic oxidation sites excluding steroid dienone is 1. The number of aromatic amines is 1. The molecule has 0 spiro atoms. The van der Waals surface area contributed by atoms with Crippen LogP contribution in [0.25, 0.3) is 6.08 Å². The van der Waals surface area contributed by atoms with Gasteiger partial charge < -0.3 is 9.79 Å². The summed E-state index contributed by atoms with van der Waals surface area (Å²) in [6.07, 6.45) is 5.72. The molecule has 0 saturated heterocycles. The number of nitrogens with zero attached hydrogens (tertiary/aromatic N) is 1. The molecule has 5 heteroatoms. The number of rotatable bonds is 4. The molecule has 1 aliphatic rings. The number of nitrogens with one attached hydrogen (secondary N) is 1. The third-order valence-corrected chi connectivity index (χ3v) is 3.40. The van der Waals surface area contributed by atoms with Crippen LogP contribution in [0.1, 0.15) is 38.6 Å². The van der Waals surface area contributed by atoms with Crippen LogP contribution in [0.3, 0.4) is 0 Å². The summed E-state index contributed by atoms with van der Waals surface area (Å²) in [5, 5.41) is 0. The van der Waals surface area contributed by atoms with Gasteiger partial charge in [-0.3, -0.25) is 8.63 Å². The van der Waals surface area contributed by atoms with Crippen LogP contribution >= 0.6 is 0 Å². The normalized spacial score (nSPS) is 21.1. The lowest BCUT2D eigenvalue weighted by molar-refractivity contribution is 0.417. The van der Waals surface area contributed by atoms with E-state index in [9.17, 15) is 8.63 Å². The van der Waals surface area contributed by atoms with Gasteiger partial charge in [-0.1, -0.05) is 19.4 Å². The van der Waals surface area contributed by atoms with E-state index < -0.39 is 7.40 Å². The minimum Gasteiger partial charge on any atom is -0.359 e. The Kier molecular flexibility index (Phi) is 4.12. The van der Waals surface area contributed by atoms with E-state index in [1.54, 1.807) is 13.0 Å². The van der Waals surface area contributed by atoms with Crippen molar-refractivity contribution in [3.8, 4) is 0 Å². The SMILES string of the molecule is CCCc1ccc(/C=C2/C(C)=CC(C)N2B(F)F)[nH]1. The van der Waals surface area contributed by atoms with Crippen molar-refractivity contribution in [2.24, 2.45) is 0 Å². The zero-order valence-corrected chi connectivity index (χ0v) is 11.6. The number of hydrogen-bond donors (Lipinski definition) is 1. The van der Waals surface area contributed by atoms with Crippen LogP contribution in [0.15, 0.2) is 29.5 Å². The van der Waals surface area contributed by atoms with Gasteiger partial charge in [0.2, 0.25) is 0 Å². The maximum Gasteiger partial charge on any atom is 0.673 e. The lowest BCUT2D eigenvalue weighted by Crippen LogP contribution is -2.35. The minimum absolute atomic E-state index is 0.253. The lowest BCUT2D eigenvalue weighted by Gasteiger charge is -2.22. The molecule has 0 bridgehead atoms. The third-order valence-electron chi connectivity index (χ3n) is 3.40. The first-order valence-corrected chi connectivity index (χ1v) is 6.67. The largest absolute Gasteiger partial charge is 0.673 e. The molecule has 1 N–H and O–H groups in total. The van der Waals surface area contributed by atoms with Crippen LogP contribution in [0.4, 0.5) is 8.63 Å². The maximum atomic E-state index is 13.1. The van der Waals surface area contributed by atoms with Crippen LogP contribution in [0.5, 0.6) is 0 Å². The average molecular weight is 264 g/mol. The number of aryl methyl sites for hydroxylation is 1. The standard InChI is InChI=1S/C14H19BF2N2/c1-4-5-12-6-7-13(18-12)9-14-10(2)8-11(3)19(14)15(16)17/h6-9,11,18H,4-5H2,1-3H3/b14-9-. The zero-order chi connectivity index (χ0) is 14.0. The number of halogens is 2. The molecule has 1 aromatic rings. The van der Waals surface area contributed by atoms with E-state index in [1.165, 1.54) is 0 Å². The van der Waals surface area contributed by atoms with E-state index in [0.717, 1.165) is 34.6 Å². The van der Waals surface area contributed by atoms with Crippen molar-refractivity contribution in [3.63, 3.8) is 0 Å². The zero-order valence-electron chi connectivity index (χ0n) is 11.6. The van der Waals surface area contributed by atoms with E-state index in [2.05, 4.69) is 11.9 Å². The Labute approximate surface area is 113 Å². The van der Waals surface area contributed by atoms with Crippen LogP contribution in [0, 0.1) is 0 Å². The van der Waals surface area contributed by atoms with Gasteiger partial charge in [0.15, 0.2) is 0 Å². The second-order valence-electron chi connectivity index (χ2n) is 4.99. The van der Waals surface area contributed by atoms with Gasteiger partial charge in [0.1, 0.15) is 0 Å². The Bertz CT molecular complexity index is 505. The molecule has 0 aliphatic carbocycles. The Morgan fingerprint density at radius 3 is 2.79 bits per heavy atom. The van der Waals surface area contributed by atoms with Crippen molar-refractivity contribution in [2.75, 3.05) is 0 Å². The molecule has 1 aliphatic heterocycles. The van der Waals surface area contributed by atoms with Crippen molar-refractivity contribution in [1.29, 1.82) is 0 Å². The fraction of sp³-hybridized carbons (Fsp3) is 0.429. The smallest absolute Gasteiger partial charge is 0.359 e. The van der Waals surface area contributed by atoms with Crippen LogP contribution in [-0.4, -0.2) is 23.2 Å². The van der Waals surface area contributed by atoms with Gasteiger partial charge in [-0.25, -0.2) is 0 Å². The van der Waals surface area contributed by atoms with Crippen molar-refractivity contribution in [2.45, 2.75) is 39.7 Å². The predicted octanol–water partition coefficient (Wildman–Crippen LogP) is 3.88. The molecule has 0 radical (unpaired) electrons. The van der Waals surface area contributed by atoms with Crippen LogP contribution < -0.4 is 0 Å². The summed E-state index contributed by atoms with van der Waals surface area (Å²) in [5.41, 5.74) is 3.53. The molecule has 1 aromatic heterocycles. The first-order valence-electron chi connectivity index (χ1n) is 6.67. The summed E-state index contributed by atoms with van der Waals surface area (Å²) in [7, 11) is -2.47. The topological polar surface area (TPSA) is 19.0 Å². The summed E-state index contributed by atoms with van der Waals surface area (Å²) in [4.78, 5) is 4.41. The fourth-order valence-corrected chi connectivity index (χ4v) is 2.53. The van der Waals surface area contributed by atoms with E-state index >= 15 is 0 Å². The quantitative estimate of drug-likeness (QED) is 0.817. The maximum absolute atomic E-state index is 13.1. The number of aromatic nitrogens is 1. The van der Waals surface area contributed by atoms with Crippen molar-refractivity contribution in [3.05, 3.63) is 40.9 Å². The van der Waals surface area contributed by atoms with E-state index in [0.29, 0.717) is 5.70 Å².